The minimum Gasteiger partial charge on any atom is -0.356 e. The van der Waals surface area contributed by atoms with Gasteiger partial charge >= 0.3 is 0 Å². The third-order valence-corrected chi connectivity index (χ3v) is 4.85. The minimum absolute atomic E-state index is 0. The minimum atomic E-state index is 0. The Morgan fingerprint density at radius 1 is 1.11 bits per heavy atom. The van der Waals surface area contributed by atoms with Gasteiger partial charge in [-0.3, -0.25) is 4.99 Å². The van der Waals surface area contributed by atoms with Crippen LogP contribution in [0.4, 0.5) is 5.82 Å². The fraction of sp³-hybridized carbons (Fsp3) is 0.400. The Balaban J connectivity index is 0.00000261. The number of halogens is 2. The molecule has 0 atom stereocenters. The van der Waals surface area contributed by atoms with Crippen LogP contribution in [-0.4, -0.2) is 55.6 Å². The number of nitrogens with zero attached hydrogens (tertiary/aromatic N) is 4. The average molecular weight is 500 g/mol. The number of aromatic nitrogens is 1. The van der Waals surface area contributed by atoms with Crippen molar-refractivity contribution in [2.24, 2.45) is 4.99 Å². The van der Waals surface area contributed by atoms with E-state index >= 15 is 0 Å². The third kappa shape index (κ3) is 6.53. The molecule has 1 saturated heterocycles. The topological polar surface area (TPSA) is 43.8 Å². The molecule has 0 spiro atoms. The SMILES string of the molecule is CN=C(NCCCc1ccc(Cl)cc1)N1CCN(c2ccccn2)CC1.I. The van der Waals surface area contributed by atoms with Crippen LogP contribution in [0.1, 0.15) is 12.0 Å². The molecule has 0 amide bonds. The maximum atomic E-state index is 5.93. The zero-order valence-electron chi connectivity index (χ0n) is 15.6. The molecule has 2 aromatic rings. The number of guanidine groups is 1. The van der Waals surface area contributed by atoms with Gasteiger partial charge in [0.25, 0.3) is 0 Å². The summed E-state index contributed by atoms with van der Waals surface area (Å²) in [7, 11) is 1.85. The highest BCUT2D eigenvalue weighted by Gasteiger charge is 2.20. The number of aryl methyl sites for hydroxylation is 1. The molecule has 0 saturated carbocycles. The molecule has 1 aliphatic rings. The second-order valence-corrected chi connectivity index (χ2v) is 6.80. The van der Waals surface area contributed by atoms with Gasteiger partial charge in [-0.05, 0) is 42.7 Å². The number of pyridine rings is 1. The average Bonchev–Trinajstić information content (AvgIpc) is 2.70. The van der Waals surface area contributed by atoms with Crippen LogP contribution < -0.4 is 10.2 Å². The van der Waals surface area contributed by atoms with Crippen LogP contribution in [0.3, 0.4) is 0 Å². The summed E-state index contributed by atoms with van der Waals surface area (Å²) in [5.41, 5.74) is 1.31. The van der Waals surface area contributed by atoms with Gasteiger partial charge in [0.2, 0.25) is 0 Å². The summed E-state index contributed by atoms with van der Waals surface area (Å²) in [5, 5.41) is 4.28. The predicted molar refractivity (Wildman–Crippen MR) is 125 cm³/mol. The molecule has 27 heavy (non-hydrogen) atoms. The molecule has 3 rings (SSSR count). The Morgan fingerprint density at radius 2 is 1.85 bits per heavy atom. The maximum Gasteiger partial charge on any atom is 0.193 e. The van der Waals surface area contributed by atoms with Gasteiger partial charge in [-0.2, -0.15) is 0 Å². The molecule has 0 unspecified atom stereocenters. The predicted octanol–water partition coefficient (Wildman–Crippen LogP) is 3.68. The lowest BCUT2D eigenvalue weighted by molar-refractivity contribution is 0.371. The van der Waals surface area contributed by atoms with Crippen LogP contribution in [0.2, 0.25) is 5.02 Å². The molecule has 1 aliphatic heterocycles. The van der Waals surface area contributed by atoms with Crippen molar-refractivity contribution in [3.63, 3.8) is 0 Å². The van der Waals surface area contributed by atoms with Crippen LogP contribution in [0.15, 0.2) is 53.7 Å². The zero-order chi connectivity index (χ0) is 18.2. The largest absolute Gasteiger partial charge is 0.356 e. The summed E-state index contributed by atoms with van der Waals surface area (Å²) in [4.78, 5) is 13.5. The molecule has 146 valence electrons. The van der Waals surface area contributed by atoms with Crippen molar-refractivity contribution >= 4 is 47.4 Å². The number of aliphatic imine (C=N–C) groups is 1. The Hall–Kier alpha value is -1.54. The van der Waals surface area contributed by atoms with Crippen molar-refractivity contribution in [3.05, 3.63) is 59.2 Å². The summed E-state index contributed by atoms with van der Waals surface area (Å²) in [5.74, 6) is 2.04. The van der Waals surface area contributed by atoms with Gasteiger partial charge in [0, 0.05) is 51.0 Å². The number of benzene rings is 1. The first-order chi connectivity index (χ1) is 12.8. The van der Waals surface area contributed by atoms with Crippen LogP contribution in [0.25, 0.3) is 0 Å². The van der Waals surface area contributed by atoms with Gasteiger partial charge in [0.1, 0.15) is 5.82 Å². The lowest BCUT2D eigenvalue weighted by Crippen LogP contribution is -2.52. The summed E-state index contributed by atoms with van der Waals surface area (Å²) >= 11 is 5.93. The maximum absolute atomic E-state index is 5.93. The molecule has 5 nitrogen and oxygen atoms in total. The number of anilines is 1. The number of hydrogen-bond acceptors (Lipinski definition) is 3. The van der Waals surface area contributed by atoms with E-state index in [1.54, 1.807) is 0 Å². The van der Waals surface area contributed by atoms with Gasteiger partial charge in [-0.1, -0.05) is 29.8 Å². The second-order valence-electron chi connectivity index (χ2n) is 6.37. The first-order valence-corrected chi connectivity index (χ1v) is 9.50. The van der Waals surface area contributed by atoms with Crippen LogP contribution >= 0.6 is 35.6 Å². The Kier molecular flexibility index (Phi) is 9.14. The molecule has 7 heteroatoms. The molecule has 1 N–H and O–H groups in total. The number of rotatable bonds is 5. The van der Waals surface area contributed by atoms with Gasteiger partial charge in [0.15, 0.2) is 5.96 Å². The van der Waals surface area contributed by atoms with E-state index in [0.717, 1.165) is 62.4 Å². The second kappa shape index (κ2) is 11.3. The van der Waals surface area contributed by atoms with E-state index in [0.29, 0.717) is 0 Å². The van der Waals surface area contributed by atoms with E-state index in [1.807, 2.05) is 37.5 Å². The van der Waals surface area contributed by atoms with Gasteiger partial charge < -0.3 is 15.1 Å². The highest BCUT2D eigenvalue weighted by atomic mass is 127. The summed E-state index contributed by atoms with van der Waals surface area (Å²) in [6.07, 6.45) is 3.95. The van der Waals surface area contributed by atoms with Gasteiger partial charge in [0.05, 0.1) is 0 Å². The van der Waals surface area contributed by atoms with Crippen LogP contribution in [0, 0.1) is 0 Å². The van der Waals surface area contributed by atoms with Crippen molar-refractivity contribution in [2.45, 2.75) is 12.8 Å². The van der Waals surface area contributed by atoms with Crippen molar-refractivity contribution in [1.82, 2.24) is 15.2 Å². The molecule has 2 heterocycles. The van der Waals surface area contributed by atoms with Crippen molar-refractivity contribution in [2.75, 3.05) is 44.7 Å². The zero-order valence-corrected chi connectivity index (χ0v) is 18.7. The van der Waals surface area contributed by atoms with E-state index < -0.39 is 0 Å². The summed E-state index contributed by atoms with van der Waals surface area (Å²) in [6.45, 7) is 4.74. The Labute approximate surface area is 183 Å². The molecule has 1 aromatic carbocycles. The van der Waals surface area contributed by atoms with E-state index in [4.69, 9.17) is 11.6 Å². The van der Waals surface area contributed by atoms with Gasteiger partial charge in [-0.25, -0.2) is 4.98 Å². The van der Waals surface area contributed by atoms with E-state index in [1.165, 1.54) is 5.56 Å². The molecule has 0 bridgehead atoms. The van der Waals surface area contributed by atoms with Gasteiger partial charge in [-0.15, -0.1) is 24.0 Å². The lowest BCUT2D eigenvalue weighted by atomic mass is 10.1. The monoisotopic (exact) mass is 499 g/mol. The number of nitrogens with one attached hydrogen (secondary N) is 1. The standard InChI is InChI=1S/C20H26ClN5.HI/c1-22-20(24-12-4-5-17-7-9-18(21)10-8-17)26-15-13-25(14-16-26)19-6-2-3-11-23-19;/h2-3,6-11H,4-5,12-16H2,1H3,(H,22,24);1H. The molecule has 1 aromatic heterocycles. The van der Waals surface area contributed by atoms with E-state index in [2.05, 4.69) is 43.3 Å². The quantitative estimate of drug-likeness (QED) is 0.295. The van der Waals surface area contributed by atoms with Crippen LogP contribution in [0.5, 0.6) is 0 Å². The first-order valence-electron chi connectivity index (χ1n) is 9.12. The normalized spacial score (nSPS) is 14.7. The number of hydrogen-bond donors (Lipinski definition) is 1. The molecular weight excluding hydrogens is 473 g/mol. The number of piperazine rings is 1. The highest BCUT2D eigenvalue weighted by molar-refractivity contribution is 14.0. The summed E-state index contributed by atoms with van der Waals surface area (Å²) in [6, 6.07) is 14.1. The highest BCUT2D eigenvalue weighted by Crippen LogP contribution is 2.13. The van der Waals surface area contributed by atoms with Crippen molar-refractivity contribution in [1.29, 1.82) is 0 Å². The first kappa shape index (κ1) is 21.8. The molecule has 0 radical (unpaired) electrons. The van der Waals surface area contributed by atoms with Crippen LogP contribution in [-0.2, 0) is 6.42 Å². The lowest BCUT2D eigenvalue weighted by Gasteiger charge is -2.37. The molecular formula is C20H27ClIN5. The fourth-order valence-electron chi connectivity index (χ4n) is 3.16. The fourth-order valence-corrected chi connectivity index (χ4v) is 3.29. The third-order valence-electron chi connectivity index (χ3n) is 4.60. The Morgan fingerprint density at radius 3 is 2.48 bits per heavy atom. The van der Waals surface area contributed by atoms with E-state index in [9.17, 15) is 0 Å². The molecule has 1 fully saturated rings. The molecule has 0 aliphatic carbocycles. The smallest absolute Gasteiger partial charge is 0.193 e. The van der Waals surface area contributed by atoms with Crippen molar-refractivity contribution in [3.8, 4) is 0 Å². The van der Waals surface area contributed by atoms with E-state index in [-0.39, 0.29) is 24.0 Å². The van der Waals surface area contributed by atoms with Crippen molar-refractivity contribution < 1.29 is 0 Å². The summed E-state index contributed by atoms with van der Waals surface area (Å²) < 4.78 is 0. The Bertz CT molecular complexity index is 700.